The van der Waals surface area contributed by atoms with Gasteiger partial charge in [0.05, 0.1) is 0 Å². The van der Waals surface area contributed by atoms with Crippen molar-refractivity contribution in [2.75, 3.05) is 6.54 Å². The summed E-state index contributed by atoms with van der Waals surface area (Å²) >= 11 is 0. The van der Waals surface area contributed by atoms with Crippen molar-refractivity contribution in [2.45, 2.75) is 46.6 Å². The van der Waals surface area contributed by atoms with Crippen LogP contribution in [0.3, 0.4) is 0 Å². The number of nitrogens with one attached hydrogen (secondary N) is 1. The second-order valence-electron chi connectivity index (χ2n) is 3.99. The first-order valence-electron chi connectivity index (χ1n) is 6.13. The molecule has 0 spiro atoms. The lowest BCUT2D eigenvalue weighted by atomic mass is 10.00. The minimum absolute atomic E-state index is 1.00. The smallest absolute Gasteiger partial charge is 0.0205 e. The molecule has 0 saturated heterocycles. The minimum Gasteiger partial charge on any atom is -0.313 e. The molecule has 0 radical (unpaired) electrons. The molecule has 0 aliphatic heterocycles. The second-order valence-corrected chi connectivity index (χ2v) is 3.99. The Morgan fingerprint density at radius 1 is 1.00 bits per heavy atom. The van der Waals surface area contributed by atoms with Crippen molar-refractivity contribution in [2.24, 2.45) is 0 Å². The normalized spacial score (nSPS) is 10.6. The first-order chi connectivity index (χ1) is 7.31. The zero-order valence-electron chi connectivity index (χ0n) is 10.3. The summed E-state index contributed by atoms with van der Waals surface area (Å²) in [6.07, 6.45) is 3.49. The molecule has 0 aromatic heterocycles. The SMILES string of the molecule is CCCNCc1ccc(CC)c(CC)c1. The lowest BCUT2D eigenvalue weighted by Crippen LogP contribution is -2.14. The van der Waals surface area contributed by atoms with Gasteiger partial charge in [0, 0.05) is 6.54 Å². The molecule has 0 bridgehead atoms. The number of rotatable bonds is 6. The Morgan fingerprint density at radius 3 is 2.33 bits per heavy atom. The largest absolute Gasteiger partial charge is 0.313 e. The van der Waals surface area contributed by atoms with Crippen LogP contribution in [-0.2, 0) is 19.4 Å². The van der Waals surface area contributed by atoms with E-state index in [0.29, 0.717) is 0 Å². The maximum absolute atomic E-state index is 3.44. The van der Waals surface area contributed by atoms with Crippen molar-refractivity contribution in [1.29, 1.82) is 0 Å². The Hall–Kier alpha value is -0.820. The van der Waals surface area contributed by atoms with Gasteiger partial charge in [0.1, 0.15) is 0 Å². The van der Waals surface area contributed by atoms with Gasteiger partial charge in [-0.05, 0) is 42.5 Å². The Balaban J connectivity index is 2.66. The van der Waals surface area contributed by atoms with E-state index in [1.807, 2.05) is 0 Å². The predicted octanol–water partition coefficient (Wildman–Crippen LogP) is 3.31. The van der Waals surface area contributed by atoms with Crippen LogP contribution >= 0.6 is 0 Å². The van der Waals surface area contributed by atoms with E-state index < -0.39 is 0 Å². The third-order valence-electron chi connectivity index (χ3n) is 2.79. The molecule has 1 nitrogen and oxygen atoms in total. The number of aryl methyl sites for hydroxylation is 2. The maximum Gasteiger partial charge on any atom is 0.0205 e. The van der Waals surface area contributed by atoms with E-state index in [-0.39, 0.29) is 0 Å². The van der Waals surface area contributed by atoms with Crippen molar-refractivity contribution < 1.29 is 0 Å². The predicted molar refractivity (Wildman–Crippen MR) is 67.2 cm³/mol. The van der Waals surface area contributed by atoms with Gasteiger partial charge in [-0.25, -0.2) is 0 Å². The van der Waals surface area contributed by atoms with Crippen LogP contribution in [0.25, 0.3) is 0 Å². The molecule has 15 heavy (non-hydrogen) atoms. The van der Waals surface area contributed by atoms with Crippen LogP contribution in [0.15, 0.2) is 18.2 Å². The van der Waals surface area contributed by atoms with Crippen LogP contribution in [0.2, 0.25) is 0 Å². The average molecular weight is 205 g/mol. The lowest BCUT2D eigenvalue weighted by Gasteiger charge is -2.09. The molecule has 0 amide bonds. The highest BCUT2D eigenvalue weighted by Gasteiger charge is 2.00. The van der Waals surface area contributed by atoms with Crippen LogP contribution in [0.1, 0.15) is 43.9 Å². The fourth-order valence-electron chi connectivity index (χ4n) is 1.87. The van der Waals surface area contributed by atoms with E-state index in [0.717, 1.165) is 25.9 Å². The van der Waals surface area contributed by atoms with Gasteiger partial charge in [0.15, 0.2) is 0 Å². The van der Waals surface area contributed by atoms with Crippen LogP contribution in [0, 0.1) is 0 Å². The molecule has 1 N–H and O–H groups in total. The van der Waals surface area contributed by atoms with Gasteiger partial charge in [0.25, 0.3) is 0 Å². The molecule has 0 fully saturated rings. The Bertz CT molecular complexity index is 291. The van der Waals surface area contributed by atoms with Crippen molar-refractivity contribution >= 4 is 0 Å². The second kappa shape index (κ2) is 6.62. The molecular weight excluding hydrogens is 182 g/mol. The quantitative estimate of drug-likeness (QED) is 0.703. The van der Waals surface area contributed by atoms with Crippen LogP contribution in [0.5, 0.6) is 0 Å². The highest BCUT2D eigenvalue weighted by molar-refractivity contribution is 5.32. The third-order valence-corrected chi connectivity index (χ3v) is 2.79. The highest BCUT2D eigenvalue weighted by Crippen LogP contribution is 2.13. The first-order valence-corrected chi connectivity index (χ1v) is 6.13. The molecule has 0 aliphatic rings. The van der Waals surface area contributed by atoms with E-state index in [2.05, 4.69) is 44.3 Å². The molecule has 0 atom stereocenters. The molecule has 0 aliphatic carbocycles. The zero-order valence-corrected chi connectivity index (χ0v) is 10.3. The molecule has 0 saturated carbocycles. The molecule has 0 unspecified atom stereocenters. The summed E-state index contributed by atoms with van der Waals surface area (Å²) in [5, 5.41) is 3.44. The number of hydrogen-bond acceptors (Lipinski definition) is 1. The van der Waals surface area contributed by atoms with Crippen molar-refractivity contribution in [3.05, 3.63) is 34.9 Å². The van der Waals surface area contributed by atoms with Crippen LogP contribution in [0.4, 0.5) is 0 Å². The Morgan fingerprint density at radius 2 is 1.73 bits per heavy atom. The van der Waals surface area contributed by atoms with E-state index in [1.54, 1.807) is 0 Å². The summed E-state index contributed by atoms with van der Waals surface area (Å²) in [6, 6.07) is 6.88. The summed E-state index contributed by atoms with van der Waals surface area (Å²) < 4.78 is 0. The van der Waals surface area contributed by atoms with Gasteiger partial charge in [-0.3, -0.25) is 0 Å². The fourth-order valence-corrected chi connectivity index (χ4v) is 1.87. The Labute approximate surface area is 93.9 Å². The summed E-state index contributed by atoms with van der Waals surface area (Å²) in [5.74, 6) is 0. The van der Waals surface area contributed by atoms with Gasteiger partial charge in [0.2, 0.25) is 0 Å². The summed E-state index contributed by atoms with van der Waals surface area (Å²) in [5.41, 5.74) is 4.42. The van der Waals surface area contributed by atoms with Crippen molar-refractivity contribution in [3.63, 3.8) is 0 Å². The van der Waals surface area contributed by atoms with Gasteiger partial charge in [-0.2, -0.15) is 0 Å². The van der Waals surface area contributed by atoms with E-state index in [1.165, 1.54) is 23.1 Å². The molecule has 1 rings (SSSR count). The minimum atomic E-state index is 1.00. The summed E-state index contributed by atoms with van der Waals surface area (Å²) in [6.45, 7) is 8.77. The lowest BCUT2D eigenvalue weighted by molar-refractivity contribution is 0.674. The third kappa shape index (κ3) is 3.67. The molecule has 1 heteroatoms. The van der Waals surface area contributed by atoms with Crippen molar-refractivity contribution in [1.82, 2.24) is 5.32 Å². The molecular formula is C14H23N. The summed E-state index contributed by atoms with van der Waals surface area (Å²) in [4.78, 5) is 0. The summed E-state index contributed by atoms with van der Waals surface area (Å²) in [7, 11) is 0. The van der Waals surface area contributed by atoms with E-state index in [9.17, 15) is 0 Å². The fraction of sp³-hybridized carbons (Fsp3) is 0.571. The zero-order chi connectivity index (χ0) is 11.1. The molecule has 84 valence electrons. The number of hydrogen-bond donors (Lipinski definition) is 1. The monoisotopic (exact) mass is 205 g/mol. The first kappa shape index (κ1) is 12.3. The number of benzene rings is 1. The van der Waals surface area contributed by atoms with Crippen molar-refractivity contribution in [3.8, 4) is 0 Å². The van der Waals surface area contributed by atoms with E-state index >= 15 is 0 Å². The van der Waals surface area contributed by atoms with Gasteiger partial charge >= 0.3 is 0 Å². The molecule has 1 aromatic carbocycles. The average Bonchev–Trinajstić information content (AvgIpc) is 2.29. The standard InChI is InChI=1S/C14H23N/c1-4-9-15-11-12-7-8-13(5-2)14(6-3)10-12/h7-8,10,15H,4-6,9,11H2,1-3H3. The molecule has 0 heterocycles. The molecule has 1 aromatic rings. The maximum atomic E-state index is 3.44. The van der Waals surface area contributed by atoms with Crippen LogP contribution in [-0.4, -0.2) is 6.54 Å². The topological polar surface area (TPSA) is 12.0 Å². The van der Waals surface area contributed by atoms with Gasteiger partial charge < -0.3 is 5.32 Å². The Kier molecular flexibility index (Phi) is 5.41. The highest BCUT2D eigenvalue weighted by atomic mass is 14.8. The van der Waals surface area contributed by atoms with E-state index in [4.69, 9.17) is 0 Å². The van der Waals surface area contributed by atoms with Gasteiger partial charge in [-0.1, -0.05) is 39.0 Å². The van der Waals surface area contributed by atoms with Crippen LogP contribution < -0.4 is 5.32 Å². The van der Waals surface area contributed by atoms with Gasteiger partial charge in [-0.15, -0.1) is 0 Å².